The highest BCUT2D eigenvalue weighted by Gasteiger charge is 2.05. The van der Waals surface area contributed by atoms with Crippen molar-refractivity contribution in [2.75, 3.05) is 0 Å². The molecule has 0 radical (unpaired) electrons. The lowest BCUT2D eigenvalue weighted by Gasteiger charge is -2.08. The van der Waals surface area contributed by atoms with Crippen LogP contribution in [0.15, 0.2) is 41.2 Å². The average molecular weight is 272 g/mol. The Balaban J connectivity index is 2.23. The zero-order valence-corrected chi connectivity index (χ0v) is 11.2. The molecule has 0 spiro atoms. The van der Waals surface area contributed by atoms with Gasteiger partial charge in [0.15, 0.2) is 0 Å². The maximum Gasteiger partial charge on any atom is 0.303 e. The Kier molecular flexibility index (Phi) is 4.30. The predicted octanol–water partition coefficient (Wildman–Crippen LogP) is 1.62. The van der Waals surface area contributed by atoms with E-state index in [2.05, 4.69) is 5.10 Å². The standard InChI is InChI=1S/C15H16N2O3/c1-11-4-2-3-5-12(11)10-17-14(18)8-6-13(16-17)7-9-15(19)20/h2-6,8H,7,9-10H2,1H3,(H,19,20). The van der Waals surface area contributed by atoms with Crippen molar-refractivity contribution in [2.24, 2.45) is 0 Å². The first kappa shape index (κ1) is 14.0. The van der Waals surface area contributed by atoms with Crippen LogP contribution in [0.5, 0.6) is 0 Å². The Bertz CT molecular complexity index is 677. The lowest BCUT2D eigenvalue weighted by atomic mass is 10.1. The predicted molar refractivity (Wildman–Crippen MR) is 74.7 cm³/mol. The molecule has 0 unspecified atom stereocenters. The van der Waals surface area contributed by atoms with Gasteiger partial charge in [0.2, 0.25) is 0 Å². The fourth-order valence-electron chi connectivity index (χ4n) is 1.92. The second kappa shape index (κ2) is 6.14. The van der Waals surface area contributed by atoms with E-state index in [1.807, 2.05) is 31.2 Å². The monoisotopic (exact) mass is 272 g/mol. The molecular weight excluding hydrogens is 256 g/mol. The molecule has 1 heterocycles. The minimum atomic E-state index is -0.872. The van der Waals surface area contributed by atoms with Crippen LogP contribution in [-0.2, 0) is 17.8 Å². The van der Waals surface area contributed by atoms with Gasteiger partial charge in [-0.2, -0.15) is 5.10 Å². The molecule has 1 aromatic heterocycles. The summed E-state index contributed by atoms with van der Waals surface area (Å²) in [5.74, 6) is -0.872. The van der Waals surface area contributed by atoms with Crippen molar-refractivity contribution >= 4 is 5.97 Å². The van der Waals surface area contributed by atoms with Gasteiger partial charge in [0.05, 0.1) is 18.7 Å². The number of carbonyl (C=O) groups is 1. The Morgan fingerprint density at radius 2 is 2.00 bits per heavy atom. The van der Waals surface area contributed by atoms with Crippen LogP contribution in [0.2, 0.25) is 0 Å². The third-order valence-electron chi connectivity index (χ3n) is 3.10. The van der Waals surface area contributed by atoms with Gasteiger partial charge in [0, 0.05) is 12.5 Å². The summed E-state index contributed by atoms with van der Waals surface area (Å²) >= 11 is 0. The van der Waals surface area contributed by atoms with Crippen LogP contribution in [0.1, 0.15) is 23.2 Å². The maximum absolute atomic E-state index is 11.8. The average Bonchev–Trinajstić information content (AvgIpc) is 2.42. The normalized spacial score (nSPS) is 10.4. The lowest BCUT2D eigenvalue weighted by Crippen LogP contribution is -2.24. The Labute approximate surface area is 116 Å². The lowest BCUT2D eigenvalue weighted by molar-refractivity contribution is -0.136. The highest BCUT2D eigenvalue weighted by atomic mass is 16.4. The van der Waals surface area contributed by atoms with Crippen molar-refractivity contribution < 1.29 is 9.90 Å². The van der Waals surface area contributed by atoms with Crippen LogP contribution in [0.4, 0.5) is 0 Å². The second-order valence-electron chi connectivity index (χ2n) is 4.64. The minimum absolute atomic E-state index is 0.00949. The SMILES string of the molecule is Cc1ccccc1Cn1nc(CCC(=O)O)ccc1=O. The van der Waals surface area contributed by atoms with E-state index in [9.17, 15) is 9.59 Å². The molecule has 104 valence electrons. The van der Waals surface area contributed by atoms with Crippen molar-refractivity contribution in [1.29, 1.82) is 0 Å². The molecule has 0 aliphatic carbocycles. The van der Waals surface area contributed by atoms with Crippen molar-refractivity contribution in [2.45, 2.75) is 26.3 Å². The summed E-state index contributed by atoms with van der Waals surface area (Å²) in [4.78, 5) is 22.4. The summed E-state index contributed by atoms with van der Waals surface area (Å²) in [7, 11) is 0. The molecule has 5 heteroatoms. The van der Waals surface area contributed by atoms with Gasteiger partial charge in [0.25, 0.3) is 5.56 Å². The van der Waals surface area contributed by atoms with Gasteiger partial charge in [-0.1, -0.05) is 24.3 Å². The highest BCUT2D eigenvalue weighted by Crippen LogP contribution is 2.07. The molecule has 1 N–H and O–H groups in total. The topological polar surface area (TPSA) is 72.2 Å². The maximum atomic E-state index is 11.8. The molecule has 0 bridgehead atoms. The summed E-state index contributed by atoms with van der Waals surface area (Å²) in [6, 6.07) is 10.8. The van der Waals surface area contributed by atoms with E-state index >= 15 is 0 Å². The number of hydrogen-bond acceptors (Lipinski definition) is 3. The molecule has 0 aliphatic rings. The first-order valence-electron chi connectivity index (χ1n) is 6.39. The van der Waals surface area contributed by atoms with Gasteiger partial charge >= 0.3 is 5.97 Å². The summed E-state index contributed by atoms with van der Waals surface area (Å²) in [5, 5.41) is 12.9. The molecule has 5 nitrogen and oxygen atoms in total. The summed E-state index contributed by atoms with van der Waals surface area (Å²) in [6.07, 6.45) is 0.332. The summed E-state index contributed by atoms with van der Waals surface area (Å²) in [6.45, 7) is 2.38. The molecular formula is C15H16N2O3. The zero-order valence-electron chi connectivity index (χ0n) is 11.2. The number of nitrogens with zero attached hydrogens (tertiary/aromatic N) is 2. The summed E-state index contributed by atoms with van der Waals surface area (Å²) < 4.78 is 1.37. The first-order chi connectivity index (χ1) is 9.56. The van der Waals surface area contributed by atoms with E-state index < -0.39 is 5.97 Å². The molecule has 2 aromatic rings. The van der Waals surface area contributed by atoms with Gasteiger partial charge < -0.3 is 5.11 Å². The molecule has 0 amide bonds. The van der Waals surface area contributed by atoms with Crippen molar-refractivity contribution in [1.82, 2.24) is 9.78 Å². The fraction of sp³-hybridized carbons (Fsp3) is 0.267. The first-order valence-corrected chi connectivity index (χ1v) is 6.39. The smallest absolute Gasteiger partial charge is 0.303 e. The van der Waals surface area contributed by atoms with Crippen LogP contribution in [0.3, 0.4) is 0 Å². The van der Waals surface area contributed by atoms with Crippen molar-refractivity contribution in [3.63, 3.8) is 0 Å². The zero-order chi connectivity index (χ0) is 14.5. The van der Waals surface area contributed by atoms with Gasteiger partial charge in [-0.3, -0.25) is 9.59 Å². The van der Waals surface area contributed by atoms with E-state index in [1.54, 1.807) is 6.07 Å². The van der Waals surface area contributed by atoms with Gasteiger partial charge in [0.1, 0.15) is 0 Å². The number of hydrogen-bond donors (Lipinski definition) is 1. The van der Waals surface area contributed by atoms with E-state index in [4.69, 9.17) is 5.11 Å². The van der Waals surface area contributed by atoms with Crippen molar-refractivity contribution in [3.05, 3.63) is 63.6 Å². The Hall–Kier alpha value is -2.43. The van der Waals surface area contributed by atoms with Crippen LogP contribution in [-0.4, -0.2) is 20.9 Å². The van der Waals surface area contributed by atoms with Crippen LogP contribution in [0, 0.1) is 6.92 Å². The number of rotatable bonds is 5. The van der Waals surface area contributed by atoms with Crippen LogP contribution < -0.4 is 5.56 Å². The van der Waals surface area contributed by atoms with Crippen LogP contribution >= 0.6 is 0 Å². The summed E-state index contributed by atoms with van der Waals surface area (Å²) in [5.41, 5.74) is 2.54. The third-order valence-corrected chi connectivity index (χ3v) is 3.10. The number of aryl methyl sites for hydroxylation is 2. The molecule has 0 fully saturated rings. The largest absolute Gasteiger partial charge is 0.481 e. The van der Waals surface area contributed by atoms with E-state index in [0.29, 0.717) is 18.7 Å². The van der Waals surface area contributed by atoms with Gasteiger partial charge in [-0.15, -0.1) is 0 Å². The Morgan fingerprint density at radius 3 is 2.70 bits per heavy atom. The molecule has 20 heavy (non-hydrogen) atoms. The minimum Gasteiger partial charge on any atom is -0.481 e. The molecule has 0 atom stereocenters. The quantitative estimate of drug-likeness (QED) is 0.897. The molecule has 0 saturated carbocycles. The van der Waals surface area contributed by atoms with E-state index in [-0.39, 0.29) is 12.0 Å². The van der Waals surface area contributed by atoms with E-state index in [0.717, 1.165) is 11.1 Å². The fourth-order valence-corrected chi connectivity index (χ4v) is 1.92. The van der Waals surface area contributed by atoms with E-state index in [1.165, 1.54) is 10.7 Å². The number of carboxylic acid groups (broad SMARTS) is 1. The van der Waals surface area contributed by atoms with Crippen molar-refractivity contribution in [3.8, 4) is 0 Å². The third kappa shape index (κ3) is 3.54. The second-order valence-corrected chi connectivity index (χ2v) is 4.64. The number of aliphatic carboxylic acids is 1. The van der Waals surface area contributed by atoms with Gasteiger partial charge in [-0.05, 0) is 24.1 Å². The molecule has 0 saturated heterocycles. The molecule has 2 rings (SSSR count). The van der Waals surface area contributed by atoms with Crippen LogP contribution in [0.25, 0.3) is 0 Å². The molecule has 1 aromatic carbocycles. The Morgan fingerprint density at radius 1 is 1.25 bits per heavy atom. The number of aromatic nitrogens is 2. The van der Waals surface area contributed by atoms with Gasteiger partial charge in [-0.25, -0.2) is 4.68 Å². The molecule has 0 aliphatic heterocycles. The highest BCUT2D eigenvalue weighted by molar-refractivity contribution is 5.66. The number of benzene rings is 1. The number of carboxylic acids is 1.